The number of nitrogens with one attached hydrogen (secondary N) is 2. The fourth-order valence-corrected chi connectivity index (χ4v) is 3.75. The zero-order valence-corrected chi connectivity index (χ0v) is 19.2. The summed E-state index contributed by atoms with van der Waals surface area (Å²) in [7, 11) is 0. The number of carbonyl (C=O) groups excluding carboxylic acids is 1. The summed E-state index contributed by atoms with van der Waals surface area (Å²) < 4.78 is 6.77. The molecule has 28 heavy (non-hydrogen) atoms. The van der Waals surface area contributed by atoms with Crippen molar-refractivity contribution in [2.45, 2.75) is 13.3 Å². The predicted octanol–water partition coefficient (Wildman–Crippen LogP) is 6.55. The molecule has 0 aliphatic heterocycles. The minimum absolute atomic E-state index is 0.119. The third-order valence-corrected chi connectivity index (χ3v) is 5.66. The Labute approximate surface area is 191 Å². The lowest BCUT2D eigenvalue weighted by Crippen LogP contribution is -2.34. The number of rotatable bonds is 4. The van der Waals surface area contributed by atoms with Crippen molar-refractivity contribution >= 4 is 74.7 Å². The van der Waals surface area contributed by atoms with Crippen molar-refractivity contribution in [3.63, 3.8) is 0 Å². The third kappa shape index (κ3) is 4.86. The van der Waals surface area contributed by atoms with Gasteiger partial charge >= 0.3 is 0 Å². The van der Waals surface area contributed by atoms with E-state index >= 15 is 0 Å². The molecule has 1 aromatic heterocycles. The number of carbonyl (C=O) groups is 1. The van der Waals surface area contributed by atoms with Crippen LogP contribution < -0.4 is 10.6 Å². The van der Waals surface area contributed by atoms with Gasteiger partial charge in [-0.1, -0.05) is 36.2 Å². The van der Waals surface area contributed by atoms with Crippen LogP contribution in [0.3, 0.4) is 0 Å². The summed E-state index contributed by atoms with van der Waals surface area (Å²) in [6.07, 6.45) is 0.845. The van der Waals surface area contributed by atoms with Crippen molar-refractivity contribution in [3.05, 3.63) is 73.5 Å². The maximum Gasteiger partial charge on any atom is 0.293 e. The molecule has 144 valence electrons. The molecule has 3 aromatic rings. The highest BCUT2D eigenvalue weighted by Gasteiger charge is 2.16. The van der Waals surface area contributed by atoms with E-state index in [-0.39, 0.29) is 10.9 Å². The van der Waals surface area contributed by atoms with Crippen LogP contribution in [0.2, 0.25) is 10.0 Å². The fraction of sp³-hybridized carbons (Fsp3) is 0.100. The van der Waals surface area contributed by atoms with Crippen LogP contribution in [0.25, 0.3) is 11.3 Å². The minimum Gasteiger partial charge on any atom is -0.451 e. The second kappa shape index (κ2) is 9.26. The smallest absolute Gasteiger partial charge is 0.293 e. The first kappa shape index (κ1) is 21.1. The molecule has 0 saturated heterocycles. The van der Waals surface area contributed by atoms with Crippen LogP contribution in [0.15, 0.2) is 52.9 Å². The van der Waals surface area contributed by atoms with Gasteiger partial charge in [-0.2, -0.15) is 0 Å². The van der Waals surface area contributed by atoms with Crippen molar-refractivity contribution < 1.29 is 9.21 Å². The molecule has 0 bridgehead atoms. The molecule has 0 unspecified atom stereocenters. The van der Waals surface area contributed by atoms with Crippen LogP contribution in [-0.2, 0) is 6.42 Å². The third-order valence-electron chi connectivity index (χ3n) is 3.97. The highest BCUT2D eigenvalue weighted by Crippen LogP contribution is 2.34. The van der Waals surface area contributed by atoms with Crippen molar-refractivity contribution in [1.29, 1.82) is 0 Å². The fourth-order valence-electron chi connectivity index (χ4n) is 2.59. The van der Waals surface area contributed by atoms with Gasteiger partial charge in [-0.25, -0.2) is 0 Å². The standard InChI is InChI=1S/C20H15Cl2IN2O2S/c1-2-11-10-12(23)6-7-15(11)24-20(28)25-19(26)17-9-8-16(27-17)13-4-3-5-14(21)18(13)22/h3-10H,2H2,1H3,(H2,24,25,26,28). The van der Waals surface area contributed by atoms with Crippen LogP contribution in [0.1, 0.15) is 23.0 Å². The number of anilines is 1. The van der Waals surface area contributed by atoms with Crippen LogP contribution in [0.5, 0.6) is 0 Å². The van der Waals surface area contributed by atoms with E-state index in [0.717, 1.165) is 21.2 Å². The predicted molar refractivity (Wildman–Crippen MR) is 126 cm³/mol. The Hall–Kier alpha value is -1.61. The van der Waals surface area contributed by atoms with Crippen molar-refractivity contribution in [1.82, 2.24) is 5.32 Å². The zero-order valence-electron chi connectivity index (χ0n) is 14.7. The molecule has 0 aliphatic rings. The molecule has 2 N–H and O–H groups in total. The molecule has 1 heterocycles. The lowest BCUT2D eigenvalue weighted by Gasteiger charge is -2.12. The summed E-state index contributed by atoms with van der Waals surface area (Å²) in [4.78, 5) is 12.5. The number of aryl methyl sites for hydroxylation is 1. The lowest BCUT2D eigenvalue weighted by atomic mass is 10.1. The van der Waals surface area contributed by atoms with Crippen molar-refractivity contribution in [2.24, 2.45) is 0 Å². The summed E-state index contributed by atoms with van der Waals surface area (Å²) in [5, 5.41) is 6.66. The molecule has 0 spiro atoms. The molecular weight excluding hydrogens is 530 g/mol. The first-order chi connectivity index (χ1) is 13.4. The monoisotopic (exact) mass is 544 g/mol. The van der Waals surface area contributed by atoms with Gasteiger partial charge in [0.05, 0.1) is 10.0 Å². The van der Waals surface area contributed by atoms with Gasteiger partial charge in [-0.05, 0) is 89.3 Å². The Bertz CT molecular complexity index is 1050. The molecule has 0 atom stereocenters. The van der Waals surface area contributed by atoms with Crippen molar-refractivity contribution in [3.8, 4) is 11.3 Å². The normalized spacial score (nSPS) is 10.6. The van der Waals surface area contributed by atoms with E-state index in [9.17, 15) is 4.79 Å². The SMILES string of the molecule is CCc1cc(I)ccc1NC(=S)NC(=O)c1ccc(-c2cccc(Cl)c2Cl)o1. The molecule has 0 aliphatic carbocycles. The Morgan fingerprint density at radius 3 is 2.71 bits per heavy atom. The van der Waals surface area contributed by atoms with E-state index in [1.165, 1.54) is 0 Å². The van der Waals surface area contributed by atoms with E-state index in [1.807, 2.05) is 12.1 Å². The van der Waals surface area contributed by atoms with Crippen LogP contribution in [-0.4, -0.2) is 11.0 Å². The average molecular weight is 545 g/mol. The number of thiocarbonyl (C=S) groups is 1. The molecule has 0 saturated carbocycles. The number of furan rings is 1. The zero-order chi connectivity index (χ0) is 20.3. The van der Waals surface area contributed by atoms with Gasteiger partial charge in [0.1, 0.15) is 5.76 Å². The first-order valence-corrected chi connectivity index (χ1v) is 10.6. The van der Waals surface area contributed by atoms with E-state index < -0.39 is 5.91 Å². The molecular formula is C20H15Cl2IN2O2S. The molecule has 2 aromatic carbocycles. The van der Waals surface area contributed by atoms with Gasteiger partial charge in [0.25, 0.3) is 5.91 Å². The largest absolute Gasteiger partial charge is 0.451 e. The van der Waals surface area contributed by atoms with Gasteiger partial charge < -0.3 is 9.73 Å². The van der Waals surface area contributed by atoms with Gasteiger partial charge in [0, 0.05) is 14.8 Å². The maximum atomic E-state index is 12.5. The summed E-state index contributed by atoms with van der Waals surface area (Å²) >= 11 is 19.8. The van der Waals surface area contributed by atoms with Crippen LogP contribution in [0, 0.1) is 3.57 Å². The molecule has 0 radical (unpaired) electrons. The van der Waals surface area contributed by atoms with E-state index in [2.05, 4.69) is 46.2 Å². The van der Waals surface area contributed by atoms with Crippen molar-refractivity contribution in [2.75, 3.05) is 5.32 Å². The number of hydrogen-bond acceptors (Lipinski definition) is 3. The summed E-state index contributed by atoms with van der Waals surface area (Å²) in [6.45, 7) is 2.06. The van der Waals surface area contributed by atoms with Crippen LogP contribution in [0.4, 0.5) is 5.69 Å². The quantitative estimate of drug-likeness (QED) is 0.289. The first-order valence-electron chi connectivity index (χ1n) is 8.34. The molecule has 8 heteroatoms. The Kier molecular flexibility index (Phi) is 6.98. The highest BCUT2D eigenvalue weighted by molar-refractivity contribution is 14.1. The molecule has 0 fully saturated rings. The van der Waals surface area contributed by atoms with Gasteiger partial charge in [0.15, 0.2) is 10.9 Å². The Balaban J connectivity index is 1.71. The minimum atomic E-state index is -0.453. The van der Waals surface area contributed by atoms with Crippen LogP contribution >= 0.6 is 58.0 Å². The number of halogens is 3. The van der Waals surface area contributed by atoms with E-state index in [1.54, 1.807) is 30.3 Å². The van der Waals surface area contributed by atoms with Gasteiger partial charge in [-0.3, -0.25) is 10.1 Å². The average Bonchev–Trinajstić information content (AvgIpc) is 3.15. The second-order valence-corrected chi connectivity index (χ2v) is 8.27. The number of benzene rings is 2. The van der Waals surface area contributed by atoms with Gasteiger partial charge in [-0.15, -0.1) is 0 Å². The summed E-state index contributed by atoms with van der Waals surface area (Å²) in [5.41, 5.74) is 2.58. The maximum absolute atomic E-state index is 12.5. The Morgan fingerprint density at radius 2 is 1.96 bits per heavy atom. The molecule has 3 rings (SSSR count). The Morgan fingerprint density at radius 1 is 1.18 bits per heavy atom. The lowest BCUT2D eigenvalue weighted by molar-refractivity contribution is 0.0951. The number of amides is 1. The molecule has 1 amide bonds. The topological polar surface area (TPSA) is 54.3 Å². The van der Waals surface area contributed by atoms with E-state index in [0.29, 0.717) is 21.4 Å². The highest BCUT2D eigenvalue weighted by atomic mass is 127. The second-order valence-electron chi connectivity index (χ2n) is 5.83. The molecule has 4 nitrogen and oxygen atoms in total. The van der Waals surface area contributed by atoms with E-state index in [4.69, 9.17) is 39.8 Å². The number of hydrogen-bond donors (Lipinski definition) is 2. The summed E-state index contributed by atoms with van der Waals surface area (Å²) in [6, 6.07) is 14.4. The summed E-state index contributed by atoms with van der Waals surface area (Å²) in [5.74, 6) is 0.112. The van der Waals surface area contributed by atoms with Gasteiger partial charge in [0.2, 0.25) is 0 Å².